The number of rotatable bonds is 6. The molecule has 0 radical (unpaired) electrons. The number of nitrogens with two attached hydrogens (primary N) is 1. The van der Waals surface area contributed by atoms with E-state index in [2.05, 4.69) is 15.4 Å². The lowest BCUT2D eigenvalue weighted by Gasteiger charge is -2.09. The molecular weight excluding hydrogens is 318 g/mol. The molecule has 0 saturated carbocycles. The Kier molecular flexibility index (Phi) is 4.38. The van der Waals surface area contributed by atoms with Crippen LogP contribution in [-0.4, -0.2) is 34.2 Å². The maximum atomic E-state index is 6.09. The van der Waals surface area contributed by atoms with Gasteiger partial charge >= 0.3 is 0 Å². The van der Waals surface area contributed by atoms with Gasteiger partial charge in [0.25, 0.3) is 0 Å². The van der Waals surface area contributed by atoms with Gasteiger partial charge in [-0.05, 0) is 18.2 Å². The number of benzene rings is 1. The SMILES string of the molecule is COc1ccc(-c2nnc(SCc3ccon3)n2N)cc1OC. The highest BCUT2D eigenvalue weighted by Crippen LogP contribution is 2.32. The van der Waals surface area contributed by atoms with Crippen LogP contribution in [0.15, 0.2) is 40.2 Å². The third kappa shape index (κ3) is 3.09. The molecule has 1 aromatic carbocycles. The first kappa shape index (κ1) is 15.2. The smallest absolute Gasteiger partial charge is 0.210 e. The van der Waals surface area contributed by atoms with Crippen LogP contribution in [0, 0.1) is 0 Å². The molecule has 2 heterocycles. The summed E-state index contributed by atoms with van der Waals surface area (Å²) >= 11 is 1.42. The number of thioether (sulfide) groups is 1. The number of aromatic nitrogens is 4. The summed E-state index contributed by atoms with van der Waals surface area (Å²) in [7, 11) is 3.16. The molecule has 2 aromatic heterocycles. The molecule has 23 heavy (non-hydrogen) atoms. The average Bonchev–Trinajstić information content (AvgIpc) is 3.22. The summed E-state index contributed by atoms with van der Waals surface area (Å²) in [6.45, 7) is 0. The molecule has 0 unspecified atom stereocenters. The minimum absolute atomic E-state index is 0.536. The van der Waals surface area contributed by atoms with Gasteiger partial charge in [-0.2, -0.15) is 0 Å². The Morgan fingerprint density at radius 2 is 2.00 bits per heavy atom. The van der Waals surface area contributed by atoms with Gasteiger partial charge < -0.3 is 19.8 Å². The minimum atomic E-state index is 0.536. The lowest BCUT2D eigenvalue weighted by atomic mass is 10.2. The van der Waals surface area contributed by atoms with Crippen molar-refractivity contribution < 1.29 is 14.0 Å². The van der Waals surface area contributed by atoms with Crippen LogP contribution in [0.25, 0.3) is 11.4 Å². The lowest BCUT2D eigenvalue weighted by Crippen LogP contribution is -2.11. The molecule has 9 heteroatoms. The number of methoxy groups -OCH3 is 2. The van der Waals surface area contributed by atoms with Crippen LogP contribution < -0.4 is 15.3 Å². The monoisotopic (exact) mass is 333 g/mol. The van der Waals surface area contributed by atoms with Gasteiger partial charge in [-0.15, -0.1) is 10.2 Å². The molecule has 0 aliphatic heterocycles. The standard InChI is InChI=1S/C14H15N5O3S/c1-20-11-4-3-9(7-12(11)21-2)13-16-17-14(19(13)15)23-8-10-5-6-22-18-10/h3-7H,8,15H2,1-2H3. The minimum Gasteiger partial charge on any atom is -0.493 e. The van der Waals surface area contributed by atoms with E-state index in [0.717, 1.165) is 11.3 Å². The van der Waals surface area contributed by atoms with Gasteiger partial charge in [0.15, 0.2) is 17.3 Å². The van der Waals surface area contributed by atoms with Crippen LogP contribution >= 0.6 is 11.8 Å². The molecule has 0 saturated heterocycles. The first-order chi connectivity index (χ1) is 11.2. The summed E-state index contributed by atoms with van der Waals surface area (Å²) in [6.07, 6.45) is 1.53. The third-order valence-electron chi connectivity index (χ3n) is 3.15. The van der Waals surface area contributed by atoms with E-state index in [-0.39, 0.29) is 0 Å². The Labute approximate surface area is 136 Å². The molecule has 0 fully saturated rings. The summed E-state index contributed by atoms with van der Waals surface area (Å²) in [5.74, 6) is 8.46. The van der Waals surface area contributed by atoms with Crippen molar-refractivity contribution in [1.29, 1.82) is 0 Å². The normalized spacial score (nSPS) is 10.7. The second-order valence-electron chi connectivity index (χ2n) is 4.53. The average molecular weight is 333 g/mol. The molecule has 0 amide bonds. The molecule has 8 nitrogen and oxygen atoms in total. The van der Waals surface area contributed by atoms with E-state index in [9.17, 15) is 0 Å². The van der Waals surface area contributed by atoms with Gasteiger partial charge in [-0.1, -0.05) is 16.9 Å². The van der Waals surface area contributed by atoms with Crippen molar-refractivity contribution in [2.75, 3.05) is 20.1 Å². The fourth-order valence-corrected chi connectivity index (χ4v) is 2.75. The Bertz CT molecular complexity index is 788. The van der Waals surface area contributed by atoms with Crippen molar-refractivity contribution in [3.63, 3.8) is 0 Å². The van der Waals surface area contributed by atoms with E-state index >= 15 is 0 Å². The molecule has 3 aromatic rings. The Hall–Kier alpha value is -2.68. The molecule has 0 spiro atoms. The molecule has 0 aliphatic carbocycles. The highest BCUT2D eigenvalue weighted by molar-refractivity contribution is 7.98. The zero-order valence-electron chi connectivity index (χ0n) is 12.6. The molecular formula is C14H15N5O3S. The van der Waals surface area contributed by atoms with Gasteiger partial charge in [0, 0.05) is 17.4 Å². The van der Waals surface area contributed by atoms with E-state index in [0.29, 0.717) is 28.2 Å². The van der Waals surface area contributed by atoms with Crippen molar-refractivity contribution in [2.45, 2.75) is 10.9 Å². The Morgan fingerprint density at radius 1 is 1.17 bits per heavy atom. The topological polar surface area (TPSA) is 101 Å². The van der Waals surface area contributed by atoms with E-state index in [1.54, 1.807) is 32.4 Å². The zero-order valence-corrected chi connectivity index (χ0v) is 13.4. The van der Waals surface area contributed by atoms with Crippen LogP contribution in [0.3, 0.4) is 0 Å². The van der Waals surface area contributed by atoms with Crippen molar-refractivity contribution in [2.24, 2.45) is 0 Å². The summed E-state index contributed by atoms with van der Waals surface area (Å²) in [4.78, 5) is 0. The fraction of sp³-hybridized carbons (Fsp3) is 0.214. The molecule has 2 N–H and O–H groups in total. The van der Waals surface area contributed by atoms with Crippen molar-refractivity contribution in [3.05, 3.63) is 36.2 Å². The molecule has 0 atom stereocenters. The molecule has 120 valence electrons. The number of ether oxygens (including phenoxy) is 2. The van der Waals surface area contributed by atoms with Gasteiger partial charge in [0.1, 0.15) is 6.26 Å². The van der Waals surface area contributed by atoms with Crippen LogP contribution in [0.4, 0.5) is 0 Å². The van der Waals surface area contributed by atoms with Gasteiger partial charge in [-0.25, -0.2) is 4.68 Å². The number of hydrogen-bond acceptors (Lipinski definition) is 8. The van der Waals surface area contributed by atoms with E-state index in [4.69, 9.17) is 19.8 Å². The summed E-state index contributed by atoms with van der Waals surface area (Å²) in [6, 6.07) is 7.24. The summed E-state index contributed by atoms with van der Waals surface area (Å²) < 4.78 is 16.7. The summed E-state index contributed by atoms with van der Waals surface area (Å²) in [5.41, 5.74) is 1.59. The van der Waals surface area contributed by atoms with Gasteiger partial charge in [-0.3, -0.25) is 0 Å². The van der Waals surface area contributed by atoms with Crippen LogP contribution in [0.5, 0.6) is 11.5 Å². The number of hydrogen-bond donors (Lipinski definition) is 1. The molecule has 0 aliphatic rings. The second-order valence-corrected chi connectivity index (χ2v) is 5.47. The Balaban J connectivity index is 1.83. The van der Waals surface area contributed by atoms with Crippen LogP contribution in [-0.2, 0) is 5.75 Å². The number of nitrogen functional groups attached to an aromatic ring is 1. The Morgan fingerprint density at radius 3 is 2.70 bits per heavy atom. The largest absolute Gasteiger partial charge is 0.493 e. The first-order valence-electron chi connectivity index (χ1n) is 6.68. The van der Waals surface area contributed by atoms with Crippen LogP contribution in [0.2, 0.25) is 0 Å². The maximum absolute atomic E-state index is 6.09. The van der Waals surface area contributed by atoms with Crippen molar-refractivity contribution in [1.82, 2.24) is 20.0 Å². The second kappa shape index (κ2) is 6.61. The predicted molar refractivity (Wildman–Crippen MR) is 84.8 cm³/mol. The van der Waals surface area contributed by atoms with E-state index < -0.39 is 0 Å². The maximum Gasteiger partial charge on any atom is 0.210 e. The van der Waals surface area contributed by atoms with Gasteiger partial charge in [0.05, 0.1) is 19.9 Å². The first-order valence-corrected chi connectivity index (χ1v) is 7.66. The molecule has 3 rings (SSSR count). The van der Waals surface area contributed by atoms with Crippen molar-refractivity contribution in [3.8, 4) is 22.9 Å². The number of nitrogens with zero attached hydrogens (tertiary/aromatic N) is 4. The van der Waals surface area contributed by atoms with E-state index in [1.807, 2.05) is 6.07 Å². The van der Waals surface area contributed by atoms with Crippen LogP contribution in [0.1, 0.15) is 5.69 Å². The highest BCUT2D eigenvalue weighted by atomic mass is 32.2. The summed E-state index contributed by atoms with van der Waals surface area (Å²) in [5, 5.41) is 12.7. The quantitative estimate of drug-likeness (QED) is 0.539. The molecule has 0 bridgehead atoms. The third-order valence-corrected chi connectivity index (χ3v) is 4.12. The van der Waals surface area contributed by atoms with Gasteiger partial charge in [0.2, 0.25) is 5.16 Å². The lowest BCUT2D eigenvalue weighted by molar-refractivity contribution is 0.355. The predicted octanol–water partition coefficient (Wildman–Crippen LogP) is 1.96. The fourth-order valence-electron chi connectivity index (χ4n) is 2.00. The van der Waals surface area contributed by atoms with E-state index in [1.165, 1.54) is 22.7 Å². The highest BCUT2D eigenvalue weighted by Gasteiger charge is 2.15. The van der Waals surface area contributed by atoms with Crippen molar-refractivity contribution >= 4 is 11.8 Å². The zero-order chi connectivity index (χ0) is 16.2.